The number of hydrogen-bond donors (Lipinski definition) is 1. The van der Waals surface area contributed by atoms with Gasteiger partial charge in [0.25, 0.3) is 0 Å². The zero-order chi connectivity index (χ0) is 32.3. The monoisotopic (exact) mass is 644 g/mol. The lowest BCUT2D eigenvalue weighted by atomic mass is 10.0. The number of ether oxygens (including phenoxy) is 1. The number of amidine groups is 1. The molecule has 0 radical (unpaired) electrons. The number of amides is 3. The van der Waals surface area contributed by atoms with Crippen LogP contribution in [0.3, 0.4) is 0 Å². The first-order valence-electron chi connectivity index (χ1n) is 13.5. The first kappa shape index (κ1) is 31.6. The Balaban J connectivity index is 1.20. The Bertz CT molecular complexity index is 1730. The number of nitrogens with one attached hydrogen (secondary N) is 1. The van der Waals surface area contributed by atoms with E-state index in [0.717, 1.165) is 23.9 Å². The Hall–Kier alpha value is -4.79. The minimum atomic E-state index is -4.80. The number of aromatic nitrogens is 3. The predicted octanol–water partition coefficient (Wildman–Crippen LogP) is 6.95. The van der Waals surface area contributed by atoms with Crippen LogP contribution in [0, 0.1) is 5.82 Å². The van der Waals surface area contributed by atoms with E-state index in [9.17, 15) is 27.2 Å². The van der Waals surface area contributed by atoms with Gasteiger partial charge in [0.2, 0.25) is 5.91 Å². The molecule has 1 unspecified atom stereocenters. The van der Waals surface area contributed by atoms with E-state index < -0.39 is 24.4 Å². The normalized spacial score (nSPS) is 15.2. The number of benzene rings is 3. The molecule has 0 saturated carbocycles. The minimum absolute atomic E-state index is 0.0510. The summed E-state index contributed by atoms with van der Waals surface area (Å²) < 4.78 is 71.3. The molecule has 4 aromatic rings. The quantitative estimate of drug-likeness (QED) is 0.208. The van der Waals surface area contributed by atoms with E-state index in [1.54, 1.807) is 12.1 Å². The molecule has 1 aliphatic rings. The van der Waals surface area contributed by atoms with Gasteiger partial charge in [0.05, 0.1) is 23.7 Å². The topological polar surface area (TPSA) is 102 Å². The SMILES string of the molecule is CC(C)c1cc(F)ccc1N1C(=O)CSC1=NC(=O)NCC(F)c1ccc(-c2ncn(-c3ccc(OC(F)(F)F)cc3)n2)cc1. The second-order valence-electron chi connectivity index (χ2n) is 10.1. The molecule has 3 amide bonds. The van der Waals surface area contributed by atoms with Crippen molar-refractivity contribution in [3.63, 3.8) is 0 Å². The van der Waals surface area contributed by atoms with E-state index in [2.05, 4.69) is 25.1 Å². The van der Waals surface area contributed by atoms with Gasteiger partial charge in [0, 0.05) is 5.56 Å². The van der Waals surface area contributed by atoms with Crippen LogP contribution in [-0.2, 0) is 4.79 Å². The summed E-state index contributed by atoms with van der Waals surface area (Å²) in [6, 6.07) is 14.5. The van der Waals surface area contributed by atoms with Gasteiger partial charge in [0.15, 0.2) is 11.0 Å². The Morgan fingerprint density at radius 2 is 1.80 bits per heavy atom. The number of carbonyl (C=O) groups is 2. The smallest absolute Gasteiger partial charge is 0.406 e. The fourth-order valence-electron chi connectivity index (χ4n) is 4.46. The second-order valence-corrected chi connectivity index (χ2v) is 11.0. The van der Waals surface area contributed by atoms with E-state index in [-0.39, 0.29) is 40.6 Å². The summed E-state index contributed by atoms with van der Waals surface area (Å²) in [5.41, 5.74) is 2.29. The van der Waals surface area contributed by atoms with Crippen molar-refractivity contribution in [2.45, 2.75) is 32.3 Å². The Labute approximate surface area is 258 Å². The summed E-state index contributed by atoms with van der Waals surface area (Å²) in [7, 11) is 0. The zero-order valence-corrected chi connectivity index (χ0v) is 24.6. The van der Waals surface area contributed by atoms with Gasteiger partial charge >= 0.3 is 12.4 Å². The van der Waals surface area contributed by atoms with Gasteiger partial charge in [-0.25, -0.2) is 23.2 Å². The van der Waals surface area contributed by atoms with E-state index in [1.165, 1.54) is 58.4 Å². The van der Waals surface area contributed by atoms with Crippen LogP contribution in [0.25, 0.3) is 17.1 Å². The van der Waals surface area contributed by atoms with Gasteiger partial charge in [-0.2, -0.15) is 4.99 Å². The number of rotatable bonds is 8. The van der Waals surface area contributed by atoms with Crippen LogP contribution in [0.5, 0.6) is 5.75 Å². The highest BCUT2D eigenvalue weighted by Crippen LogP contribution is 2.34. The molecule has 0 aliphatic carbocycles. The molecule has 5 rings (SSSR count). The predicted molar refractivity (Wildman–Crippen MR) is 159 cm³/mol. The van der Waals surface area contributed by atoms with E-state index in [0.29, 0.717) is 28.3 Å². The van der Waals surface area contributed by atoms with Gasteiger partial charge < -0.3 is 10.1 Å². The van der Waals surface area contributed by atoms with E-state index >= 15 is 4.39 Å². The third-order valence-corrected chi connectivity index (χ3v) is 7.53. The molecule has 3 aromatic carbocycles. The molecule has 45 heavy (non-hydrogen) atoms. The molecular formula is C30H25F5N6O3S. The summed E-state index contributed by atoms with van der Waals surface area (Å²) in [5, 5.41) is 6.85. The largest absolute Gasteiger partial charge is 0.573 e. The van der Waals surface area contributed by atoms with Crippen molar-refractivity contribution in [1.29, 1.82) is 0 Å². The fraction of sp³-hybridized carbons (Fsp3) is 0.233. The van der Waals surface area contributed by atoms with Crippen molar-refractivity contribution in [2.24, 2.45) is 4.99 Å². The minimum Gasteiger partial charge on any atom is -0.406 e. The number of anilines is 1. The summed E-state index contributed by atoms with van der Waals surface area (Å²) >= 11 is 1.06. The van der Waals surface area contributed by atoms with Gasteiger partial charge in [-0.3, -0.25) is 9.69 Å². The molecule has 1 fully saturated rings. The Morgan fingerprint density at radius 1 is 1.09 bits per heavy atom. The van der Waals surface area contributed by atoms with Crippen LogP contribution in [0.1, 0.15) is 37.1 Å². The number of thioether (sulfide) groups is 1. The summed E-state index contributed by atoms with van der Waals surface area (Å²) in [4.78, 5) is 34.7. The summed E-state index contributed by atoms with van der Waals surface area (Å²) in [6.07, 6.45) is -4.99. The van der Waals surface area contributed by atoms with Crippen molar-refractivity contribution in [3.8, 4) is 22.8 Å². The van der Waals surface area contributed by atoms with Gasteiger partial charge in [-0.05, 0) is 59.5 Å². The van der Waals surface area contributed by atoms with Crippen molar-refractivity contribution >= 4 is 34.6 Å². The highest BCUT2D eigenvalue weighted by atomic mass is 32.2. The average Bonchev–Trinajstić information content (AvgIpc) is 3.63. The fourth-order valence-corrected chi connectivity index (χ4v) is 5.31. The number of halogens is 5. The third kappa shape index (κ3) is 7.66. The molecule has 0 bridgehead atoms. The molecular weight excluding hydrogens is 619 g/mol. The molecule has 2 heterocycles. The molecule has 15 heteroatoms. The molecule has 1 atom stereocenters. The Kier molecular flexibility index (Phi) is 9.18. The van der Waals surface area contributed by atoms with Crippen LogP contribution in [0.2, 0.25) is 0 Å². The number of nitrogens with zero attached hydrogens (tertiary/aromatic N) is 5. The number of urea groups is 1. The molecule has 9 nitrogen and oxygen atoms in total. The van der Waals surface area contributed by atoms with Crippen molar-refractivity contribution < 1.29 is 36.3 Å². The number of hydrogen-bond acceptors (Lipinski definition) is 6. The summed E-state index contributed by atoms with van der Waals surface area (Å²) in [6.45, 7) is 3.33. The highest BCUT2D eigenvalue weighted by Gasteiger charge is 2.33. The molecule has 0 spiro atoms. The van der Waals surface area contributed by atoms with E-state index in [4.69, 9.17) is 0 Å². The van der Waals surface area contributed by atoms with Gasteiger partial charge in [0.1, 0.15) is 24.1 Å². The number of alkyl halides is 4. The maximum atomic E-state index is 15.0. The summed E-state index contributed by atoms with van der Waals surface area (Å²) in [5.74, 6) is -0.876. The maximum absolute atomic E-state index is 15.0. The van der Waals surface area contributed by atoms with Crippen LogP contribution in [0.15, 0.2) is 78.0 Å². The molecule has 234 valence electrons. The van der Waals surface area contributed by atoms with Gasteiger partial charge in [-0.15, -0.1) is 18.3 Å². The van der Waals surface area contributed by atoms with Crippen LogP contribution in [0.4, 0.5) is 32.4 Å². The molecule has 1 aromatic heterocycles. The maximum Gasteiger partial charge on any atom is 0.573 e. The lowest BCUT2D eigenvalue weighted by Gasteiger charge is -2.21. The van der Waals surface area contributed by atoms with Crippen molar-refractivity contribution in [1.82, 2.24) is 20.1 Å². The molecule has 1 aliphatic heterocycles. The van der Waals surface area contributed by atoms with E-state index in [1.807, 2.05) is 13.8 Å². The molecule has 1 N–H and O–H groups in total. The highest BCUT2D eigenvalue weighted by molar-refractivity contribution is 8.15. The lowest BCUT2D eigenvalue weighted by Crippen LogP contribution is -2.32. The van der Waals surface area contributed by atoms with Gasteiger partial charge in [-0.1, -0.05) is 49.9 Å². The average molecular weight is 645 g/mol. The van der Waals surface area contributed by atoms with Crippen LogP contribution in [-0.4, -0.2) is 50.5 Å². The zero-order valence-electron chi connectivity index (χ0n) is 23.8. The standard InChI is InChI=1S/C30H25F5N6O3S/c1-17(2)23-13-20(31)7-12-25(23)41-26(42)15-45-29(41)38-28(43)36-14-24(32)18-3-5-19(6-4-18)27-37-16-40(39-27)21-8-10-22(11-9-21)44-30(33,34)35/h3-13,16-17,24H,14-15H2,1-2H3,(H,36,43). The second kappa shape index (κ2) is 13.1. The van der Waals surface area contributed by atoms with Crippen LogP contribution < -0.4 is 15.0 Å². The first-order chi connectivity index (χ1) is 21.4. The Morgan fingerprint density at radius 3 is 2.47 bits per heavy atom. The number of carbonyl (C=O) groups excluding carboxylic acids is 2. The number of aliphatic imine (C=N–C) groups is 1. The van der Waals surface area contributed by atoms with Crippen LogP contribution >= 0.6 is 11.8 Å². The van der Waals surface area contributed by atoms with Crippen molar-refractivity contribution in [2.75, 3.05) is 17.2 Å². The first-order valence-corrected chi connectivity index (χ1v) is 14.5. The lowest BCUT2D eigenvalue weighted by molar-refractivity contribution is -0.274. The molecule has 1 saturated heterocycles. The third-order valence-electron chi connectivity index (χ3n) is 6.60. The van der Waals surface area contributed by atoms with Crippen molar-refractivity contribution in [3.05, 3.63) is 90.0 Å².